The Labute approximate surface area is 813 Å². The molecule has 4 aromatic carbocycles. The predicted molar refractivity (Wildman–Crippen MR) is 352 cm³/mol. The first-order valence-electron chi connectivity index (χ1n) is 36.4. The number of hydrogen-bond acceptors (Lipinski definition) is 8. The van der Waals surface area contributed by atoms with E-state index in [1.54, 1.807) is 0 Å². The maximum atomic E-state index is 14.2. The van der Waals surface area contributed by atoms with E-state index in [0.29, 0.717) is 12.1 Å². The molecular weight excluding hydrogens is 2540 g/mol. The molecule has 4 rings (SSSR count). The van der Waals surface area contributed by atoms with Crippen molar-refractivity contribution in [2.24, 2.45) is 10.3 Å². The van der Waals surface area contributed by atoms with Crippen LogP contribution in [-0.2, 0) is 36.4 Å². The van der Waals surface area contributed by atoms with E-state index in [9.17, 15) is 309 Å². The molecule has 0 bridgehead atoms. The van der Waals surface area contributed by atoms with Crippen LogP contribution in [0.4, 0.5) is 299 Å². The molecule has 0 radical (unpaired) electrons. The van der Waals surface area contributed by atoms with Gasteiger partial charge in [-0.3, -0.25) is 0 Å². The van der Waals surface area contributed by atoms with Crippen LogP contribution in [0.1, 0.15) is 73.6 Å². The van der Waals surface area contributed by atoms with Crippen molar-refractivity contribution in [3.63, 3.8) is 0 Å². The maximum absolute atomic E-state index is 14.2. The van der Waals surface area contributed by atoms with Gasteiger partial charge in [0.15, 0.2) is 0 Å². The van der Waals surface area contributed by atoms with Gasteiger partial charge in [0.05, 0.1) is 26.4 Å². The number of oxime groups is 2. The van der Waals surface area contributed by atoms with Gasteiger partial charge in [0.1, 0.15) is 11.5 Å². The molecule has 0 aliphatic heterocycles. The molecular formula is C70H40Cl2F68N2O6Pd2. The molecule has 876 valence electrons. The first kappa shape index (κ1) is 140. The van der Waals surface area contributed by atoms with Crippen LogP contribution in [-0.4, -0.2) is 239 Å². The summed E-state index contributed by atoms with van der Waals surface area (Å²) in [6.45, 7) is -5.43. The third-order valence-corrected chi connectivity index (χ3v) is 19.3. The average molecular weight is 2580 g/mol. The molecule has 150 heavy (non-hydrogen) atoms. The fraction of sp³-hybridized carbons (Fsp3) is 0.629. The molecule has 0 aliphatic carbocycles. The van der Waals surface area contributed by atoms with Crippen molar-refractivity contribution in [3.8, 4) is 23.0 Å². The van der Waals surface area contributed by atoms with Gasteiger partial charge in [-0.05, 0) is 61.1 Å². The zero-order valence-corrected chi connectivity index (χ0v) is 73.7. The number of benzene rings is 4. The van der Waals surface area contributed by atoms with E-state index in [4.69, 9.17) is 18.9 Å². The topological polar surface area (TPSA) is 102 Å². The van der Waals surface area contributed by atoms with Crippen LogP contribution in [0, 0.1) is 12.1 Å². The monoisotopic (exact) mass is 2580 g/mol. The van der Waals surface area contributed by atoms with E-state index in [1.807, 2.05) is 0 Å². The molecule has 2 N–H and O–H groups in total. The molecule has 0 spiro atoms. The quantitative estimate of drug-likeness (QED) is 0.00869. The molecule has 0 saturated heterocycles. The van der Waals surface area contributed by atoms with E-state index in [1.165, 1.54) is 0 Å². The molecule has 0 saturated carbocycles. The molecule has 80 heteroatoms. The summed E-state index contributed by atoms with van der Waals surface area (Å²) in [5, 5.41) is 24.6. The number of alkyl halides is 68. The Morgan fingerprint density at radius 1 is 0.200 bits per heavy atom. The summed E-state index contributed by atoms with van der Waals surface area (Å²) in [5.74, 6) is -233. The van der Waals surface area contributed by atoms with Crippen LogP contribution in [0.3, 0.4) is 0 Å². The second kappa shape index (κ2) is 45.0. The van der Waals surface area contributed by atoms with Gasteiger partial charge in [0.25, 0.3) is 0 Å². The molecule has 0 unspecified atom stereocenters. The Hall–Kier alpha value is -7.84. The summed E-state index contributed by atoms with van der Waals surface area (Å²) in [6, 6.07) is 15.6. The fourth-order valence-corrected chi connectivity index (χ4v) is 10.6. The standard InChI is InChI=1S/2C35H20F34NO3.2ClH.2Pd/c2*36-20(37,22(40,41)24(44,45)26(48,49)28(52,53)30(56,57)32(60,61)34(64,65)66)11-1-13-72-17-7-3-15(4-8-17)19(70-71)16-5-9-18(10-6-16)73-14-2-12-21(38,39)23(42,43)25(46,47)27(50,51)29(54,55)31(58,59)33(62,63)35(67,68)69;;;;/h2*3-5,7-10,71H,1-2,11-14H2;2*1H;;/q2*-1;;;2*+2/p-2/b2*70-19+;;;;. The second-order valence-electron chi connectivity index (χ2n) is 29.2. The molecule has 8 nitrogen and oxygen atoms in total. The molecule has 0 atom stereocenters. The van der Waals surface area contributed by atoms with Gasteiger partial charge >= 0.3 is 246 Å². The summed E-state index contributed by atoms with van der Waals surface area (Å²) in [4.78, 5) is 0. The third-order valence-electron chi connectivity index (χ3n) is 19.3. The number of rotatable bonds is 48. The van der Waals surface area contributed by atoms with Crippen molar-refractivity contribution < 1.29 is 364 Å². The molecule has 0 aromatic heterocycles. The van der Waals surface area contributed by atoms with Gasteiger partial charge in [-0.1, -0.05) is 24.3 Å². The zero-order valence-electron chi connectivity index (χ0n) is 69.1. The van der Waals surface area contributed by atoms with E-state index in [0.717, 1.165) is 72.8 Å². The number of ether oxygens (including phenoxy) is 4. The van der Waals surface area contributed by atoms with Crippen molar-refractivity contribution in [3.05, 3.63) is 119 Å². The minimum absolute atomic E-state index is 0.245. The van der Waals surface area contributed by atoms with E-state index in [-0.39, 0.29) is 22.3 Å². The summed E-state index contributed by atoms with van der Waals surface area (Å²) >= 11 is 4.44. The van der Waals surface area contributed by atoms with Crippen LogP contribution < -0.4 is 18.9 Å². The van der Waals surface area contributed by atoms with E-state index < -0.39 is 303 Å². The van der Waals surface area contributed by atoms with Crippen molar-refractivity contribution in [1.29, 1.82) is 0 Å². The normalized spacial score (nSPS) is 15.4. The van der Waals surface area contributed by atoms with Crippen LogP contribution in [0.15, 0.2) is 95.2 Å². The van der Waals surface area contributed by atoms with Gasteiger partial charge in [0.2, 0.25) is 0 Å². The summed E-state index contributed by atoms with van der Waals surface area (Å²) < 4.78 is 934. The summed E-state index contributed by atoms with van der Waals surface area (Å²) in [5.41, 5.74) is -2.29. The van der Waals surface area contributed by atoms with Crippen LogP contribution in [0.25, 0.3) is 0 Å². The summed E-state index contributed by atoms with van der Waals surface area (Å²) in [6.07, 6.45) is -49.7. The van der Waals surface area contributed by atoms with Crippen molar-refractivity contribution in [2.45, 2.75) is 242 Å². The minimum atomic E-state index is -8.82. The Morgan fingerprint density at radius 2 is 0.333 bits per heavy atom. The van der Waals surface area contributed by atoms with E-state index in [2.05, 4.69) is 77.9 Å². The predicted octanol–water partition coefficient (Wildman–Crippen LogP) is 31.5. The average Bonchev–Trinajstić information content (AvgIpc) is 0.704. The van der Waals surface area contributed by atoms with Crippen LogP contribution in [0.2, 0.25) is 0 Å². The summed E-state index contributed by atoms with van der Waals surface area (Å²) in [7, 11) is 8.98. The first-order valence-corrected chi connectivity index (χ1v) is 40.4. The van der Waals surface area contributed by atoms with Crippen LogP contribution in [0.5, 0.6) is 23.0 Å². The van der Waals surface area contributed by atoms with Gasteiger partial charge in [0, 0.05) is 48.6 Å². The Kier molecular flexibility index (Phi) is 42.1. The molecule has 0 amide bonds. The van der Waals surface area contributed by atoms with Crippen molar-refractivity contribution >= 4 is 30.5 Å². The Bertz CT molecular complexity index is 4460. The number of hydrogen-bond donors (Lipinski definition) is 2. The van der Waals surface area contributed by atoms with Gasteiger partial charge in [-0.2, -0.15) is 299 Å². The number of nitrogens with zero attached hydrogens (tertiary/aromatic N) is 2. The SMILES string of the molecule is O/N=C(/c1[c-]cc(OCCCC(F)(F)C(F)(F)C(F)(F)C(F)(F)C(F)(F)C(F)(F)C(F)(F)C(F)(F)F)cc1)c1ccc(OCCCC(F)(F)C(F)(F)C(F)(F)C(F)(F)C(F)(F)C(F)(F)C(F)(F)C(F)(F)F)cc1.O/N=C(/c1[c-]cc(OCCCC(F)(F)C(F)(F)C(F)(F)C(F)(F)C(F)(F)C(F)(F)C(F)(F)C(F)(F)F)cc1)c1ccc(OCCCC(F)(F)C(F)(F)C(F)(F)C(F)(F)C(F)(F)C(F)(F)C(F)(F)C(F)(F)F)cc1.[Cl][Pd+].[Cl][Pd+]. The van der Waals surface area contributed by atoms with Gasteiger partial charge in [-0.25, -0.2) is 0 Å². The molecule has 0 heterocycles. The van der Waals surface area contributed by atoms with Gasteiger partial charge in [-0.15, -0.1) is 70.0 Å². The van der Waals surface area contributed by atoms with Crippen molar-refractivity contribution in [1.82, 2.24) is 0 Å². The zero-order chi connectivity index (χ0) is 120. The molecule has 0 fully saturated rings. The first-order chi connectivity index (χ1) is 66.1. The van der Waals surface area contributed by atoms with Crippen molar-refractivity contribution in [2.75, 3.05) is 26.4 Å². The van der Waals surface area contributed by atoms with Gasteiger partial charge < -0.3 is 29.4 Å². The fourth-order valence-electron chi connectivity index (χ4n) is 10.6. The third kappa shape index (κ3) is 24.0. The van der Waals surface area contributed by atoms with Crippen LogP contribution >= 0.6 is 19.1 Å². The van der Waals surface area contributed by atoms with E-state index >= 15 is 0 Å². The second-order valence-corrected chi connectivity index (χ2v) is 29.2. The Balaban J connectivity index is 0.00000145. The Morgan fingerprint density at radius 3 is 0.467 bits per heavy atom. The molecule has 4 aromatic rings. The number of halogens is 70. The molecule has 0 aliphatic rings.